The average molecular weight is 649 g/mol. The van der Waals surface area contributed by atoms with E-state index < -0.39 is 22.5 Å². The molecule has 1 radical (unpaired) electrons. The quantitative estimate of drug-likeness (QED) is 0.105. The Bertz CT molecular complexity index is 1380. The summed E-state index contributed by atoms with van der Waals surface area (Å²) < 4.78 is 36.2. The summed E-state index contributed by atoms with van der Waals surface area (Å²) in [7, 11) is -3.97. The molecule has 0 aromatic heterocycles. The standard InChI is InChI=1S/C21H32BN4O4.C8H8FNO4S/c1-15(21(29)26-13-5-6-18(26)22-30)25-20(28)17-10-8-16(9-11-17)14-24-19(27)7-3-2-4-12-23;9-15(12,13)14-7-3-1-6(2-4-7)5-8(10)11/h8-11,15,18,30H,2-7,12-14,23H2,1H3,(H,24,27)(H,25,28);1-4H,5H2,(H2,10,11). The predicted octanol–water partition coefficient (Wildman–Crippen LogP) is 0.808. The number of likely N-dealkylation sites (tertiary alicyclic amines) is 1. The summed E-state index contributed by atoms with van der Waals surface area (Å²) in [5, 5.41) is 14.8. The fraction of sp³-hybridized carbons (Fsp3) is 0.448. The third-order valence-electron chi connectivity index (χ3n) is 6.78. The normalized spacial score (nSPS) is 14.8. The van der Waals surface area contributed by atoms with Crippen LogP contribution in [0.25, 0.3) is 0 Å². The van der Waals surface area contributed by atoms with E-state index >= 15 is 0 Å². The maximum absolute atomic E-state index is 12.5. The predicted molar refractivity (Wildman–Crippen MR) is 165 cm³/mol. The van der Waals surface area contributed by atoms with Crippen molar-refractivity contribution in [3.8, 4) is 5.75 Å². The van der Waals surface area contributed by atoms with Gasteiger partial charge in [-0.05, 0) is 74.5 Å². The van der Waals surface area contributed by atoms with Gasteiger partial charge < -0.3 is 36.2 Å². The number of benzene rings is 2. The highest BCUT2D eigenvalue weighted by Gasteiger charge is 2.32. The number of rotatable bonds is 15. The van der Waals surface area contributed by atoms with E-state index in [1.807, 2.05) is 0 Å². The van der Waals surface area contributed by atoms with Crippen molar-refractivity contribution in [2.45, 2.75) is 70.4 Å². The lowest BCUT2D eigenvalue weighted by Crippen LogP contribution is -2.49. The number of carbonyl (C=O) groups is 4. The topological polar surface area (TPSA) is 211 Å². The number of hydrogen-bond donors (Lipinski definition) is 5. The fourth-order valence-electron chi connectivity index (χ4n) is 4.46. The molecule has 1 aliphatic rings. The van der Waals surface area contributed by atoms with Gasteiger partial charge in [-0.3, -0.25) is 19.2 Å². The van der Waals surface area contributed by atoms with Gasteiger partial charge in [-0.2, -0.15) is 8.42 Å². The van der Waals surface area contributed by atoms with Crippen LogP contribution in [0.3, 0.4) is 0 Å². The summed E-state index contributed by atoms with van der Waals surface area (Å²) >= 11 is 0. The van der Waals surface area contributed by atoms with Crippen LogP contribution in [0.2, 0.25) is 0 Å². The number of primary amides is 1. The van der Waals surface area contributed by atoms with Gasteiger partial charge in [0.05, 0.1) is 6.42 Å². The Kier molecular flexibility index (Phi) is 15.5. The van der Waals surface area contributed by atoms with E-state index in [1.165, 1.54) is 24.3 Å². The van der Waals surface area contributed by atoms with Gasteiger partial charge in [0, 0.05) is 31.0 Å². The molecule has 1 saturated heterocycles. The van der Waals surface area contributed by atoms with Crippen molar-refractivity contribution >= 4 is 41.6 Å². The van der Waals surface area contributed by atoms with Gasteiger partial charge in [0.1, 0.15) is 11.8 Å². The van der Waals surface area contributed by atoms with Crippen molar-refractivity contribution in [3.63, 3.8) is 0 Å². The summed E-state index contributed by atoms with van der Waals surface area (Å²) in [6, 6.07) is 11.5. The molecule has 16 heteroatoms. The molecule has 0 saturated carbocycles. The maximum Gasteiger partial charge on any atom is 0.488 e. The Labute approximate surface area is 263 Å². The number of unbranched alkanes of at least 4 members (excludes halogenated alkanes) is 2. The summed E-state index contributed by atoms with van der Waals surface area (Å²) in [4.78, 5) is 48.9. The smallest absolute Gasteiger partial charge is 0.452 e. The summed E-state index contributed by atoms with van der Waals surface area (Å²) in [6.45, 7) is 3.27. The minimum absolute atomic E-state index is 0.00141. The first-order valence-electron chi connectivity index (χ1n) is 14.5. The van der Waals surface area contributed by atoms with Gasteiger partial charge in [0.2, 0.25) is 17.7 Å². The van der Waals surface area contributed by atoms with Crippen molar-refractivity contribution in [2.24, 2.45) is 11.5 Å². The van der Waals surface area contributed by atoms with E-state index in [4.69, 9.17) is 11.5 Å². The van der Waals surface area contributed by atoms with Gasteiger partial charge in [-0.15, -0.1) is 0 Å². The van der Waals surface area contributed by atoms with Crippen LogP contribution in [0.5, 0.6) is 5.75 Å². The van der Waals surface area contributed by atoms with Crippen molar-refractivity contribution in [1.29, 1.82) is 0 Å². The third kappa shape index (κ3) is 14.1. The molecular formula is C29H40BFN5O8S. The Balaban J connectivity index is 0.000000394. The molecule has 0 bridgehead atoms. The molecule has 2 aromatic rings. The highest BCUT2D eigenvalue weighted by Crippen LogP contribution is 2.17. The fourth-order valence-corrected chi connectivity index (χ4v) is 4.80. The molecule has 1 heterocycles. The van der Waals surface area contributed by atoms with Crippen molar-refractivity contribution < 1.29 is 40.7 Å². The molecule has 13 nitrogen and oxygen atoms in total. The molecule has 3 rings (SSSR count). The van der Waals surface area contributed by atoms with Crippen LogP contribution in [-0.4, -0.2) is 74.5 Å². The second-order valence-corrected chi connectivity index (χ2v) is 11.4. The number of amides is 4. The van der Waals surface area contributed by atoms with Crippen molar-refractivity contribution in [2.75, 3.05) is 13.1 Å². The van der Waals surface area contributed by atoms with Crippen LogP contribution in [0, 0.1) is 0 Å². The number of nitrogens with one attached hydrogen (secondary N) is 2. The lowest BCUT2D eigenvalue weighted by atomic mass is 9.86. The van der Waals surface area contributed by atoms with Gasteiger partial charge in [0.15, 0.2) is 0 Å². The van der Waals surface area contributed by atoms with Crippen LogP contribution in [0.1, 0.15) is 66.9 Å². The zero-order valence-electron chi connectivity index (χ0n) is 25.1. The number of halogens is 1. The lowest BCUT2D eigenvalue weighted by molar-refractivity contribution is -0.132. The summed E-state index contributed by atoms with van der Waals surface area (Å²) in [6.07, 6.45) is 4.79. The van der Waals surface area contributed by atoms with Crippen LogP contribution in [0.4, 0.5) is 3.89 Å². The molecule has 245 valence electrons. The number of carbonyl (C=O) groups excluding carboxylic acids is 4. The Morgan fingerprint density at radius 2 is 1.71 bits per heavy atom. The summed E-state index contributed by atoms with van der Waals surface area (Å²) in [5.41, 5.74) is 12.3. The van der Waals surface area contributed by atoms with Gasteiger partial charge >= 0.3 is 18.0 Å². The Morgan fingerprint density at radius 1 is 1.07 bits per heavy atom. The van der Waals surface area contributed by atoms with E-state index in [2.05, 4.69) is 14.8 Å². The number of nitrogens with two attached hydrogens (primary N) is 2. The summed E-state index contributed by atoms with van der Waals surface area (Å²) in [5.74, 6) is -1.50. The second-order valence-electron chi connectivity index (χ2n) is 10.4. The zero-order valence-corrected chi connectivity index (χ0v) is 25.9. The number of nitrogens with zero attached hydrogens (tertiary/aromatic N) is 1. The van der Waals surface area contributed by atoms with E-state index in [-0.39, 0.29) is 35.8 Å². The lowest BCUT2D eigenvalue weighted by Gasteiger charge is -2.26. The second kappa shape index (κ2) is 18.7. The molecule has 2 unspecified atom stereocenters. The third-order valence-corrected chi connectivity index (χ3v) is 7.18. The number of hydrogen-bond acceptors (Lipinski definition) is 9. The first-order valence-corrected chi connectivity index (χ1v) is 15.8. The largest absolute Gasteiger partial charge is 0.488 e. The molecule has 1 fully saturated rings. The van der Waals surface area contributed by atoms with Gasteiger partial charge in [-0.25, -0.2) is 0 Å². The van der Waals surface area contributed by atoms with E-state index in [9.17, 15) is 36.5 Å². The molecule has 2 aromatic carbocycles. The van der Waals surface area contributed by atoms with Crippen LogP contribution in [0.15, 0.2) is 48.5 Å². The minimum atomic E-state index is -5.00. The van der Waals surface area contributed by atoms with Crippen molar-refractivity contribution in [3.05, 3.63) is 65.2 Å². The highest BCUT2D eigenvalue weighted by atomic mass is 32.3. The Hall–Kier alpha value is -4.02. The molecule has 2 atom stereocenters. The molecular weight excluding hydrogens is 608 g/mol. The van der Waals surface area contributed by atoms with E-state index in [0.717, 1.165) is 45.1 Å². The minimum Gasteiger partial charge on any atom is -0.452 e. The van der Waals surface area contributed by atoms with E-state index in [1.54, 1.807) is 36.1 Å². The van der Waals surface area contributed by atoms with Crippen LogP contribution >= 0.6 is 0 Å². The van der Waals surface area contributed by atoms with Crippen LogP contribution < -0.4 is 26.3 Å². The molecule has 0 spiro atoms. The Morgan fingerprint density at radius 3 is 2.29 bits per heavy atom. The van der Waals surface area contributed by atoms with Crippen molar-refractivity contribution in [1.82, 2.24) is 15.5 Å². The average Bonchev–Trinajstić information content (AvgIpc) is 3.47. The highest BCUT2D eigenvalue weighted by molar-refractivity contribution is 7.81. The maximum atomic E-state index is 12.5. The van der Waals surface area contributed by atoms with E-state index in [0.29, 0.717) is 37.2 Å². The van der Waals surface area contributed by atoms with Gasteiger partial charge in [-0.1, -0.05) is 34.6 Å². The molecule has 45 heavy (non-hydrogen) atoms. The van der Waals surface area contributed by atoms with Gasteiger partial charge in [0.25, 0.3) is 5.91 Å². The molecule has 1 aliphatic heterocycles. The monoisotopic (exact) mass is 648 g/mol. The molecule has 7 N–H and O–H groups in total. The molecule has 0 aliphatic carbocycles. The zero-order chi connectivity index (χ0) is 33.4. The van der Waals surface area contributed by atoms with Crippen LogP contribution in [-0.2, 0) is 37.9 Å². The first-order chi connectivity index (χ1) is 21.3. The molecule has 4 amide bonds. The first kappa shape index (κ1) is 37.2. The SMILES string of the molecule is CC(NC(=O)c1ccc(CNC(=O)CCCCCN)cc1)C(=O)N1CCCC1[B]O.NC(=O)Cc1ccc(OS(=O)(=O)F)cc1.